The van der Waals surface area contributed by atoms with E-state index < -0.39 is 5.97 Å². The lowest BCUT2D eigenvalue weighted by Crippen LogP contribution is -2.41. The van der Waals surface area contributed by atoms with Gasteiger partial charge in [0.05, 0.1) is 10.6 Å². The maximum absolute atomic E-state index is 11.8. The molecule has 2 rings (SSSR count). The molecule has 7 heteroatoms. The van der Waals surface area contributed by atoms with Crippen molar-refractivity contribution in [2.45, 2.75) is 18.9 Å². The molecule has 3 N–H and O–H groups in total. The van der Waals surface area contributed by atoms with Crippen molar-refractivity contribution in [3.05, 3.63) is 28.8 Å². The number of carbonyl (C=O) groups excluding carboxylic acids is 1. The lowest BCUT2D eigenvalue weighted by molar-refractivity contribution is 0.0697. The summed E-state index contributed by atoms with van der Waals surface area (Å²) in [6.45, 7) is 1.29. The van der Waals surface area contributed by atoms with Gasteiger partial charge in [0.1, 0.15) is 0 Å². The first kappa shape index (κ1) is 14.6. The molecular formula is C13H15ClN2O4. The number of rotatable bonds is 3. The number of anilines is 1. The van der Waals surface area contributed by atoms with Crippen LogP contribution < -0.4 is 10.6 Å². The van der Waals surface area contributed by atoms with Gasteiger partial charge in [0.2, 0.25) is 0 Å². The SMILES string of the molecule is O=C(Nc1ccc(C(=O)O)c(Cl)c1)NC1CCOCC1. The van der Waals surface area contributed by atoms with E-state index in [1.54, 1.807) is 0 Å². The molecule has 2 amide bonds. The van der Waals surface area contributed by atoms with Crippen LogP contribution in [0.2, 0.25) is 5.02 Å². The highest BCUT2D eigenvalue weighted by atomic mass is 35.5. The van der Waals surface area contributed by atoms with Gasteiger partial charge in [-0.05, 0) is 31.0 Å². The molecule has 1 saturated heterocycles. The average Bonchev–Trinajstić information content (AvgIpc) is 2.39. The van der Waals surface area contributed by atoms with Crippen molar-refractivity contribution >= 4 is 29.3 Å². The Balaban J connectivity index is 1.93. The highest BCUT2D eigenvalue weighted by Gasteiger charge is 2.16. The molecule has 0 radical (unpaired) electrons. The largest absolute Gasteiger partial charge is 0.478 e. The second-order valence-corrected chi connectivity index (χ2v) is 4.89. The molecule has 0 aromatic heterocycles. The number of carboxylic acid groups (broad SMARTS) is 1. The molecule has 0 atom stereocenters. The van der Waals surface area contributed by atoms with Gasteiger partial charge in [0.15, 0.2) is 0 Å². The van der Waals surface area contributed by atoms with Crippen molar-refractivity contribution in [1.82, 2.24) is 5.32 Å². The molecule has 1 fully saturated rings. The number of nitrogens with one attached hydrogen (secondary N) is 2. The number of carboxylic acids is 1. The Labute approximate surface area is 121 Å². The van der Waals surface area contributed by atoms with Gasteiger partial charge in [-0.3, -0.25) is 0 Å². The molecule has 0 spiro atoms. The van der Waals surface area contributed by atoms with Crippen LogP contribution in [0.4, 0.5) is 10.5 Å². The van der Waals surface area contributed by atoms with Crippen LogP contribution in [0.25, 0.3) is 0 Å². The molecule has 0 bridgehead atoms. The second kappa shape index (κ2) is 6.58. The summed E-state index contributed by atoms with van der Waals surface area (Å²) < 4.78 is 5.21. The van der Waals surface area contributed by atoms with Crippen LogP contribution in [0.1, 0.15) is 23.2 Å². The van der Waals surface area contributed by atoms with Crippen LogP contribution in [0.5, 0.6) is 0 Å². The van der Waals surface area contributed by atoms with Gasteiger partial charge >= 0.3 is 12.0 Å². The highest BCUT2D eigenvalue weighted by molar-refractivity contribution is 6.33. The Morgan fingerprint density at radius 1 is 1.30 bits per heavy atom. The van der Waals surface area contributed by atoms with E-state index in [2.05, 4.69) is 10.6 Å². The number of hydrogen-bond acceptors (Lipinski definition) is 3. The van der Waals surface area contributed by atoms with E-state index in [1.807, 2.05) is 0 Å². The van der Waals surface area contributed by atoms with Gasteiger partial charge in [0.25, 0.3) is 0 Å². The van der Waals surface area contributed by atoms with Gasteiger partial charge in [-0.2, -0.15) is 0 Å². The lowest BCUT2D eigenvalue weighted by Gasteiger charge is -2.23. The number of benzene rings is 1. The van der Waals surface area contributed by atoms with Crippen molar-refractivity contribution in [2.24, 2.45) is 0 Å². The van der Waals surface area contributed by atoms with Gasteiger partial charge in [0, 0.05) is 24.9 Å². The second-order valence-electron chi connectivity index (χ2n) is 4.48. The molecule has 0 saturated carbocycles. The van der Waals surface area contributed by atoms with E-state index in [0.29, 0.717) is 18.9 Å². The summed E-state index contributed by atoms with van der Waals surface area (Å²) >= 11 is 5.83. The Kier molecular flexibility index (Phi) is 4.81. The van der Waals surface area contributed by atoms with Gasteiger partial charge in [-0.1, -0.05) is 11.6 Å². The van der Waals surface area contributed by atoms with Crippen LogP contribution in [-0.4, -0.2) is 36.4 Å². The molecule has 1 aromatic rings. The average molecular weight is 299 g/mol. The van der Waals surface area contributed by atoms with Crippen LogP contribution in [0.3, 0.4) is 0 Å². The summed E-state index contributed by atoms with van der Waals surface area (Å²) in [6.07, 6.45) is 1.57. The first-order chi connectivity index (χ1) is 9.56. The van der Waals surface area contributed by atoms with E-state index in [-0.39, 0.29) is 22.7 Å². The Hall–Kier alpha value is -1.79. The molecule has 108 valence electrons. The van der Waals surface area contributed by atoms with E-state index in [9.17, 15) is 9.59 Å². The third-order valence-electron chi connectivity index (χ3n) is 3.01. The fourth-order valence-corrected chi connectivity index (χ4v) is 2.22. The number of hydrogen-bond donors (Lipinski definition) is 3. The number of urea groups is 1. The summed E-state index contributed by atoms with van der Waals surface area (Å²) in [5, 5.41) is 14.4. The molecule has 6 nitrogen and oxygen atoms in total. The minimum atomic E-state index is -1.10. The van der Waals surface area contributed by atoms with Crippen LogP contribution >= 0.6 is 11.6 Å². The zero-order valence-corrected chi connectivity index (χ0v) is 11.4. The predicted molar refractivity (Wildman–Crippen MR) is 74.4 cm³/mol. The summed E-state index contributed by atoms with van der Waals surface area (Å²) in [6, 6.07) is 4.02. The number of carbonyl (C=O) groups is 2. The molecule has 1 aliphatic heterocycles. The van der Waals surface area contributed by atoms with E-state index in [4.69, 9.17) is 21.4 Å². The normalized spacial score (nSPS) is 15.7. The summed E-state index contributed by atoms with van der Waals surface area (Å²) in [5.41, 5.74) is 0.451. The quantitative estimate of drug-likeness (QED) is 0.799. The van der Waals surface area contributed by atoms with Crippen molar-refractivity contribution in [2.75, 3.05) is 18.5 Å². The summed E-state index contributed by atoms with van der Waals surface area (Å²) in [4.78, 5) is 22.6. The monoisotopic (exact) mass is 298 g/mol. The Bertz CT molecular complexity index is 515. The lowest BCUT2D eigenvalue weighted by atomic mass is 10.1. The van der Waals surface area contributed by atoms with Crippen molar-refractivity contribution in [1.29, 1.82) is 0 Å². The maximum Gasteiger partial charge on any atom is 0.337 e. The zero-order chi connectivity index (χ0) is 14.5. The molecule has 1 aromatic carbocycles. The summed E-state index contributed by atoms with van der Waals surface area (Å²) in [7, 11) is 0. The van der Waals surface area contributed by atoms with E-state index in [1.165, 1.54) is 18.2 Å². The number of aromatic carboxylic acids is 1. The first-order valence-electron chi connectivity index (χ1n) is 6.24. The molecule has 1 heterocycles. The minimum Gasteiger partial charge on any atom is -0.478 e. The molecular weight excluding hydrogens is 284 g/mol. The third-order valence-corrected chi connectivity index (χ3v) is 3.33. The molecule has 0 unspecified atom stereocenters. The topological polar surface area (TPSA) is 87.7 Å². The minimum absolute atomic E-state index is 0.00190. The smallest absolute Gasteiger partial charge is 0.337 e. The molecule has 1 aliphatic rings. The zero-order valence-electron chi connectivity index (χ0n) is 10.7. The Morgan fingerprint density at radius 3 is 2.60 bits per heavy atom. The number of halogens is 1. The standard InChI is InChI=1S/C13H15ClN2O4/c14-11-7-9(1-2-10(11)12(17)18)16-13(19)15-8-3-5-20-6-4-8/h1-2,7-8H,3-6H2,(H,17,18)(H2,15,16,19). The number of ether oxygens (including phenoxy) is 1. The molecule has 0 aliphatic carbocycles. The number of amides is 2. The van der Waals surface area contributed by atoms with Crippen molar-refractivity contribution in [3.8, 4) is 0 Å². The van der Waals surface area contributed by atoms with Gasteiger partial charge in [-0.15, -0.1) is 0 Å². The Morgan fingerprint density at radius 2 is 2.00 bits per heavy atom. The van der Waals surface area contributed by atoms with E-state index in [0.717, 1.165) is 12.8 Å². The molecule has 20 heavy (non-hydrogen) atoms. The maximum atomic E-state index is 11.8. The van der Waals surface area contributed by atoms with E-state index >= 15 is 0 Å². The highest BCUT2D eigenvalue weighted by Crippen LogP contribution is 2.21. The van der Waals surface area contributed by atoms with Crippen LogP contribution in [-0.2, 0) is 4.74 Å². The van der Waals surface area contributed by atoms with Crippen molar-refractivity contribution < 1.29 is 19.4 Å². The first-order valence-corrected chi connectivity index (χ1v) is 6.62. The van der Waals surface area contributed by atoms with Crippen molar-refractivity contribution in [3.63, 3.8) is 0 Å². The van der Waals surface area contributed by atoms with Crippen LogP contribution in [0, 0.1) is 0 Å². The van der Waals surface area contributed by atoms with Gasteiger partial charge in [-0.25, -0.2) is 9.59 Å². The fraction of sp³-hybridized carbons (Fsp3) is 0.385. The fourth-order valence-electron chi connectivity index (χ4n) is 1.96. The third kappa shape index (κ3) is 3.85. The summed E-state index contributed by atoms with van der Waals surface area (Å²) in [5.74, 6) is -1.10. The van der Waals surface area contributed by atoms with Crippen LogP contribution in [0.15, 0.2) is 18.2 Å². The predicted octanol–water partition coefficient (Wildman–Crippen LogP) is 2.34. The van der Waals surface area contributed by atoms with Gasteiger partial charge < -0.3 is 20.5 Å².